The Hall–Kier alpha value is -0.280. The number of benzene rings is 1. The van der Waals surface area contributed by atoms with E-state index in [0.29, 0.717) is 26.4 Å². The molecule has 0 amide bonds. The van der Waals surface area contributed by atoms with Crippen LogP contribution in [0.2, 0.25) is 0 Å². The second-order valence-corrected chi connectivity index (χ2v) is 8.40. The summed E-state index contributed by atoms with van der Waals surface area (Å²) in [5.74, 6) is 0. The summed E-state index contributed by atoms with van der Waals surface area (Å²) in [5, 5.41) is -0.552. The smallest absolute Gasteiger partial charge is 0.333 e. The van der Waals surface area contributed by atoms with Crippen LogP contribution in [0.1, 0.15) is 38.7 Å². The molecule has 0 N–H and O–H groups in total. The average molecular weight is 348 g/mol. The molecule has 0 bridgehead atoms. The van der Waals surface area contributed by atoms with E-state index in [4.69, 9.17) is 18.1 Å². The van der Waals surface area contributed by atoms with Crippen molar-refractivity contribution in [3.05, 3.63) is 35.9 Å². The van der Waals surface area contributed by atoms with Gasteiger partial charge in [0.2, 0.25) is 0 Å². The highest BCUT2D eigenvalue weighted by atomic mass is 31.2. The lowest BCUT2D eigenvalue weighted by molar-refractivity contribution is 0.211. The molecule has 1 aromatic carbocycles. The minimum absolute atomic E-state index is 0.308. The van der Waals surface area contributed by atoms with E-state index in [2.05, 4.69) is 0 Å². The van der Waals surface area contributed by atoms with Crippen LogP contribution in [0.15, 0.2) is 30.3 Å². The van der Waals surface area contributed by atoms with Gasteiger partial charge in [-0.05, 0) is 33.3 Å². The molecule has 0 saturated carbocycles. The summed E-state index contributed by atoms with van der Waals surface area (Å²) in [6.45, 7) is 8.96. The summed E-state index contributed by atoms with van der Waals surface area (Å²) in [4.78, 5) is 0. The van der Waals surface area contributed by atoms with Crippen LogP contribution in [0.25, 0.3) is 0 Å². The predicted molar refractivity (Wildman–Crippen MR) is 90.2 cm³/mol. The normalized spacial score (nSPS) is 13.5. The van der Waals surface area contributed by atoms with Crippen molar-refractivity contribution in [1.82, 2.24) is 0 Å². The molecule has 1 atom stereocenters. The van der Waals surface area contributed by atoms with Crippen LogP contribution in [0, 0.1) is 0 Å². The van der Waals surface area contributed by atoms with Gasteiger partial charge in [-0.25, -0.2) is 0 Å². The Morgan fingerprint density at radius 3 is 1.82 bits per heavy atom. The van der Waals surface area contributed by atoms with E-state index in [1.54, 1.807) is 13.8 Å². The minimum Gasteiger partial charge on any atom is -0.333 e. The van der Waals surface area contributed by atoms with Gasteiger partial charge in [0.25, 0.3) is 0 Å². The average Bonchev–Trinajstić information content (AvgIpc) is 2.49. The topological polar surface area (TPSA) is 54.0 Å². The van der Waals surface area contributed by atoms with Crippen LogP contribution < -0.4 is 0 Å². The fourth-order valence-corrected chi connectivity index (χ4v) is 6.64. The van der Waals surface area contributed by atoms with E-state index in [9.17, 15) is 4.57 Å². The molecule has 1 aromatic rings. The van der Waals surface area contributed by atoms with Gasteiger partial charge in [0, 0.05) is 0 Å². The Morgan fingerprint density at radius 1 is 0.909 bits per heavy atom. The molecular weight excluding hydrogens is 322 g/mol. The predicted octanol–water partition coefficient (Wildman–Crippen LogP) is 5.34. The molecule has 0 radical (unpaired) electrons. The molecule has 1 unspecified atom stereocenters. The van der Waals surface area contributed by atoms with Crippen LogP contribution >= 0.6 is 16.0 Å². The Kier molecular flexibility index (Phi) is 9.42. The first kappa shape index (κ1) is 19.8. The highest BCUT2D eigenvalue weighted by Gasteiger charge is 2.44. The summed E-state index contributed by atoms with van der Waals surface area (Å²) >= 11 is 0. The molecule has 0 saturated heterocycles. The van der Waals surface area contributed by atoms with E-state index in [0.717, 1.165) is 5.56 Å². The van der Waals surface area contributed by atoms with Gasteiger partial charge in [0.15, 0.2) is 13.8 Å². The highest BCUT2D eigenvalue weighted by Crippen LogP contribution is 2.74. The van der Waals surface area contributed by atoms with Crippen LogP contribution in [-0.4, -0.2) is 26.4 Å². The Morgan fingerprint density at radius 2 is 1.41 bits per heavy atom. The number of hydrogen-bond donors (Lipinski definition) is 0. The first-order valence-corrected chi connectivity index (χ1v) is 10.5. The van der Waals surface area contributed by atoms with Crippen molar-refractivity contribution in [2.45, 2.75) is 33.1 Å². The molecule has 5 nitrogen and oxygen atoms in total. The second-order valence-electron chi connectivity index (χ2n) is 4.28. The quantitative estimate of drug-likeness (QED) is 0.506. The highest BCUT2D eigenvalue weighted by molar-refractivity contribution is 7.69. The van der Waals surface area contributed by atoms with E-state index < -0.39 is 21.4 Å². The Bertz CT molecular complexity index is 439. The zero-order chi connectivity index (χ0) is 16.4. The summed E-state index contributed by atoms with van der Waals surface area (Å²) in [5.41, 5.74) is 0.848. The Labute approximate surface area is 134 Å². The third-order valence-corrected chi connectivity index (χ3v) is 8.00. The van der Waals surface area contributed by atoms with Gasteiger partial charge in [0.05, 0.1) is 26.4 Å². The van der Waals surface area contributed by atoms with Gasteiger partial charge < -0.3 is 18.1 Å². The van der Waals surface area contributed by atoms with Gasteiger partial charge in [-0.2, -0.15) is 0 Å². The molecular formula is C15H26O5P2. The number of rotatable bonds is 11. The monoisotopic (exact) mass is 348 g/mol. The van der Waals surface area contributed by atoms with Crippen molar-refractivity contribution >= 4 is 16.0 Å². The van der Waals surface area contributed by atoms with Crippen LogP contribution in [0.4, 0.5) is 0 Å². The van der Waals surface area contributed by atoms with Crippen molar-refractivity contribution in [1.29, 1.82) is 0 Å². The Balaban J connectivity index is 3.27. The molecule has 1 rings (SSSR count). The molecule has 0 spiro atoms. The van der Waals surface area contributed by atoms with Crippen LogP contribution in [0.3, 0.4) is 0 Å². The zero-order valence-electron chi connectivity index (χ0n) is 13.7. The van der Waals surface area contributed by atoms with Gasteiger partial charge >= 0.3 is 7.60 Å². The fourth-order valence-electron chi connectivity index (χ4n) is 2.02. The van der Waals surface area contributed by atoms with Crippen molar-refractivity contribution in [2.24, 2.45) is 0 Å². The minimum atomic E-state index is -3.39. The van der Waals surface area contributed by atoms with E-state index in [-0.39, 0.29) is 0 Å². The molecule has 126 valence electrons. The van der Waals surface area contributed by atoms with E-state index >= 15 is 0 Å². The molecule has 22 heavy (non-hydrogen) atoms. The van der Waals surface area contributed by atoms with E-state index in [1.807, 2.05) is 44.2 Å². The third kappa shape index (κ3) is 5.42. The zero-order valence-corrected chi connectivity index (χ0v) is 15.5. The van der Waals surface area contributed by atoms with Crippen molar-refractivity contribution in [3.8, 4) is 0 Å². The van der Waals surface area contributed by atoms with Gasteiger partial charge in [-0.3, -0.25) is 4.57 Å². The first-order valence-electron chi connectivity index (χ1n) is 7.61. The summed E-state index contributed by atoms with van der Waals surface area (Å²) in [6, 6.07) is 9.52. The number of hydrogen-bond acceptors (Lipinski definition) is 5. The van der Waals surface area contributed by atoms with E-state index in [1.165, 1.54) is 0 Å². The summed E-state index contributed by atoms with van der Waals surface area (Å²) in [7, 11) is -4.81. The maximum Gasteiger partial charge on any atom is 0.347 e. The first-order chi connectivity index (χ1) is 10.6. The second kappa shape index (κ2) is 10.5. The fraction of sp³-hybridized carbons (Fsp3) is 0.600. The lowest BCUT2D eigenvalue weighted by Gasteiger charge is -2.31. The third-order valence-electron chi connectivity index (χ3n) is 2.73. The summed E-state index contributed by atoms with van der Waals surface area (Å²) < 4.78 is 35.9. The van der Waals surface area contributed by atoms with Crippen molar-refractivity contribution < 1.29 is 22.7 Å². The molecule has 0 aliphatic heterocycles. The maximum absolute atomic E-state index is 13.3. The molecule has 7 heteroatoms. The molecule has 0 aromatic heterocycles. The molecule has 0 aliphatic rings. The van der Waals surface area contributed by atoms with Gasteiger partial charge in [0.1, 0.15) is 0 Å². The van der Waals surface area contributed by atoms with Crippen molar-refractivity contribution in [2.75, 3.05) is 26.4 Å². The molecule has 0 heterocycles. The maximum atomic E-state index is 13.3. The summed E-state index contributed by atoms with van der Waals surface area (Å²) in [6.07, 6.45) is 0. The molecule has 0 fully saturated rings. The van der Waals surface area contributed by atoms with Crippen LogP contribution in [0.5, 0.6) is 0 Å². The van der Waals surface area contributed by atoms with Crippen LogP contribution in [-0.2, 0) is 22.7 Å². The lowest BCUT2D eigenvalue weighted by atomic mass is 10.2. The van der Waals surface area contributed by atoms with Crippen molar-refractivity contribution in [3.63, 3.8) is 0 Å². The standard InChI is InChI=1S/C15H26O5P2/c1-5-17-21(18-6-2)15(14-12-10-9-11-13-14)22(16,19-7-3)20-8-4/h9-13,15H,5-8H2,1-4H3. The van der Waals surface area contributed by atoms with Gasteiger partial charge in [-0.1, -0.05) is 30.3 Å². The largest absolute Gasteiger partial charge is 0.347 e. The molecule has 0 aliphatic carbocycles. The SMILES string of the molecule is CCOP(OCC)C(c1ccccc1)P(=O)(OCC)OCC. The van der Waals surface area contributed by atoms with Gasteiger partial charge in [-0.15, -0.1) is 0 Å². The lowest BCUT2D eigenvalue weighted by Crippen LogP contribution is -2.09.